The Hall–Kier alpha value is -0.940. The molecule has 2 aromatic heterocycles. The lowest BCUT2D eigenvalue weighted by atomic mass is 9.99. The van der Waals surface area contributed by atoms with Crippen LogP contribution in [0.25, 0.3) is 10.2 Å². The van der Waals surface area contributed by atoms with Gasteiger partial charge in [-0.1, -0.05) is 18.2 Å². The Labute approximate surface area is 126 Å². The molecule has 3 nitrogen and oxygen atoms in total. The van der Waals surface area contributed by atoms with E-state index in [0.717, 1.165) is 35.5 Å². The molecule has 1 saturated carbocycles. The summed E-state index contributed by atoms with van der Waals surface area (Å²) in [4.78, 5) is 23.6. The highest BCUT2D eigenvalue weighted by atomic mass is 32.2. The van der Waals surface area contributed by atoms with Gasteiger partial charge in [0.05, 0.1) is 5.25 Å². The van der Waals surface area contributed by atoms with Crippen LogP contribution in [0, 0.1) is 0 Å². The molecule has 20 heavy (non-hydrogen) atoms. The lowest BCUT2D eigenvalue weighted by Crippen LogP contribution is -2.21. The minimum atomic E-state index is 0.110. The molecule has 0 unspecified atom stereocenters. The molecular formula is C15H16N2OS2. The first-order chi connectivity index (χ1) is 9.83. The van der Waals surface area contributed by atoms with Crippen LogP contribution in [-0.2, 0) is 17.6 Å². The molecule has 0 aromatic carbocycles. The summed E-state index contributed by atoms with van der Waals surface area (Å²) in [5, 5.41) is 2.39. The van der Waals surface area contributed by atoms with Gasteiger partial charge in [0, 0.05) is 16.7 Å². The van der Waals surface area contributed by atoms with Gasteiger partial charge in [0.15, 0.2) is 0 Å². The molecule has 0 saturated heterocycles. The Morgan fingerprint density at radius 1 is 1.15 bits per heavy atom. The van der Waals surface area contributed by atoms with Crippen molar-refractivity contribution in [3.05, 3.63) is 16.8 Å². The molecule has 0 radical (unpaired) electrons. The van der Waals surface area contributed by atoms with Gasteiger partial charge in [-0.25, -0.2) is 9.97 Å². The van der Waals surface area contributed by atoms with E-state index in [9.17, 15) is 4.79 Å². The molecule has 1 fully saturated rings. The third-order valence-electron chi connectivity index (χ3n) is 4.22. The number of hydrogen-bond donors (Lipinski definition) is 0. The van der Waals surface area contributed by atoms with Gasteiger partial charge in [-0.15, -0.1) is 11.3 Å². The third-order valence-corrected chi connectivity index (χ3v) is 6.73. The highest BCUT2D eigenvalue weighted by Crippen LogP contribution is 2.42. The zero-order chi connectivity index (χ0) is 13.5. The Kier molecular flexibility index (Phi) is 3.27. The quantitative estimate of drug-likeness (QED) is 0.792. The van der Waals surface area contributed by atoms with Crippen LogP contribution in [0.2, 0.25) is 0 Å². The van der Waals surface area contributed by atoms with Crippen LogP contribution < -0.4 is 0 Å². The lowest BCUT2D eigenvalue weighted by molar-refractivity contribution is -0.119. The van der Waals surface area contributed by atoms with Crippen molar-refractivity contribution >= 4 is 39.1 Å². The van der Waals surface area contributed by atoms with Crippen LogP contribution in [0.1, 0.15) is 42.5 Å². The van der Waals surface area contributed by atoms with Crippen molar-refractivity contribution in [1.29, 1.82) is 0 Å². The maximum absolute atomic E-state index is 12.0. The molecular weight excluding hydrogens is 288 g/mol. The number of carbonyl (C=O) groups excluding carboxylic acids is 1. The summed E-state index contributed by atoms with van der Waals surface area (Å²) in [6, 6.07) is 0. The SMILES string of the molecule is O=C1CCCC[C@H]1Sc1ncnc2sc3c(c12)CCC3. The number of thioether (sulfide) groups is 1. The number of rotatable bonds is 2. The molecule has 4 rings (SSSR count). The number of fused-ring (bicyclic) bond motifs is 3. The van der Waals surface area contributed by atoms with Crippen LogP contribution in [0.4, 0.5) is 0 Å². The molecule has 0 N–H and O–H groups in total. The van der Waals surface area contributed by atoms with E-state index >= 15 is 0 Å². The Bertz CT molecular complexity index is 680. The average molecular weight is 304 g/mol. The van der Waals surface area contributed by atoms with Gasteiger partial charge < -0.3 is 0 Å². The van der Waals surface area contributed by atoms with E-state index < -0.39 is 0 Å². The van der Waals surface area contributed by atoms with Crippen molar-refractivity contribution in [2.75, 3.05) is 0 Å². The van der Waals surface area contributed by atoms with Crippen molar-refractivity contribution in [3.8, 4) is 0 Å². The zero-order valence-electron chi connectivity index (χ0n) is 11.2. The number of Topliss-reactive ketones (excluding diaryl/α,β-unsaturated/α-hetero) is 1. The number of carbonyl (C=O) groups is 1. The van der Waals surface area contributed by atoms with Gasteiger partial charge in [0.25, 0.3) is 0 Å². The number of nitrogens with zero attached hydrogens (tertiary/aromatic N) is 2. The second-order valence-electron chi connectivity index (χ2n) is 5.53. The maximum atomic E-state index is 12.0. The molecule has 2 aliphatic carbocycles. The monoisotopic (exact) mass is 304 g/mol. The van der Waals surface area contributed by atoms with Crippen LogP contribution in [0.15, 0.2) is 11.4 Å². The van der Waals surface area contributed by atoms with E-state index in [1.165, 1.54) is 35.1 Å². The maximum Gasteiger partial charge on any atom is 0.146 e. The van der Waals surface area contributed by atoms with Crippen LogP contribution in [0.5, 0.6) is 0 Å². The average Bonchev–Trinajstić information content (AvgIpc) is 3.02. The van der Waals surface area contributed by atoms with Crippen molar-refractivity contribution in [2.45, 2.75) is 55.2 Å². The van der Waals surface area contributed by atoms with Crippen molar-refractivity contribution in [2.24, 2.45) is 0 Å². The lowest BCUT2D eigenvalue weighted by Gasteiger charge is -2.19. The van der Waals surface area contributed by atoms with Gasteiger partial charge >= 0.3 is 0 Å². The van der Waals surface area contributed by atoms with E-state index in [0.29, 0.717) is 5.78 Å². The smallest absolute Gasteiger partial charge is 0.146 e. The third kappa shape index (κ3) is 2.07. The fourth-order valence-electron chi connectivity index (χ4n) is 3.20. The Balaban J connectivity index is 1.74. The minimum absolute atomic E-state index is 0.110. The number of aryl methyl sites for hydroxylation is 2. The first-order valence-electron chi connectivity index (χ1n) is 7.27. The van der Waals surface area contributed by atoms with E-state index in [-0.39, 0.29) is 5.25 Å². The fraction of sp³-hybridized carbons (Fsp3) is 0.533. The van der Waals surface area contributed by atoms with Crippen molar-refractivity contribution < 1.29 is 4.79 Å². The van der Waals surface area contributed by atoms with Crippen LogP contribution in [-0.4, -0.2) is 21.0 Å². The highest BCUT2D eigenvalue weighted by Gasteiger charge is 2.27. The van der Waals surface area contributed by atoms with Crippen molar-refractivity contribution in [1.82, 2.24) is 9.97 Å². The summed E-state index contributed by atoms with van der Waals surface area (Å²) in [6.07, 6.45) is 9.21. The number of thiophene rings is 1. The predicted molar refractivity (Wildman–Crippen MR) is 82.6 cm³/mol. The molecule has 1 atom stereocenters. The normalized spacial score (nSPS) is 22.4. The number of hydrogen-bond acceptors (Lipinski definition) is 5. The van der Waals surface area contributed by atoms with Gasteiger partial charge in [0.1, 0.15) is 22.0 Å². The van der Waals surface area contributed by atoms with E-state index in [4.69, 9.17) is 0 Å². The number of aromatic nitrogens is 2. The molecule has 2 aromatic rings. The van der Waals surface area contributed by atoms with E-state index in [1.807, 2.05) is 11.3 Å². The van der Waals surface area contributed by atoms with Gasteiger partial charge in [-0.05, 0) is 37.7 Å². The molecule has 2 aliphatic rings. The first kappa shape index (κ1) is 12.8. The molecule has 5 heteroatoms. The second kappa shape index (κ2) is 5.11. The highest BCUT2D eigenvalue weighted by molar-refractivity contribution is 8.00. The fourth-order valence-corrected chi connectivity index (χ4v) is 5.74. The summed E-state index contributed by atoms with van der Waals surface area (Å²) < 4.78 is 0. The van der Waals surface area contributed by atoms with Crippen LogP contribution >= 0.6 is 23.1 Å². The summed E-state index contributed by atoms with van der Waals surface area (Å²) >= 11 is 3.49. The Morgan fingerprint density at radius 3 is 3.00 bits per heavy atom. The largest absolute Gasteiger partial charge is 0.298 e. The molecule has 0 amide bonds. The van der Waals surface area contributed by atoms with Gasteiger partial charge in [-0.3, -0.25) is 4.79 Å². The Morgan fingerprint density at radius 2 is 2.10 bits per heavy atom. The molecule has 104 valence electrons. The first-order valence-corrected chi connectivity index (χ1v) is 8.97. The molecule has 0 aliphatic heterocycles. The topological polar surface area (TPSA) is 42.9 Å². The summed E-state index contributed by atoms with van der Waals surface area (Å²) in [5.41, 5.74) is 1.45. The van der Waals surface area contributed by atoms with Gasteiger partial charge in [0.2, 0.25) is 0 Å². The molecule has 0 spiro atoms. The second-order valence-corrected chi connectivity index (χ2v) is 7.81. The van der Waals surface area contributed by atoms with Crippen LogP contribution in [0.3, 0.4) is 0 Å². The molecule has 0 bridgehead atoms. The predicted octanol–water partition coefficient (Wildman–Crippen LogP) is 3.78. The van der Waals surface area contributed by atoms with Crippen molar-refractivity contribution in [3.63, 3.8) is 0 Å². The zero-order valence-corrected chi connectivity index (χ0v) is 12.9. The summed E-state index contributed by atoms with van der Waals surface area (Å²) in [5.74, 6) is 0.403. The molecule has 2 heterocycles. The summed E-state index contributed by atoms with van der Waals surface area (Å²) in [6.45, 7) is 0. The van der Waals surface area contributed by atoms with E-state index in [2.05, 4.69) is 9.97 Å². The number of ketones is 1. The van der Waals surface area contributed by atoms with E-state index in [1.54, 1.807) is 18.1 Å². The minimum Gasteiger partial charge on any atom is -0.298 e. The summed E-state index contributed by atoms with van der Waals surface area (Å²) in [7, 11) is 0. The van der Waals surface area contributed by atoms with Gasteiger partial charge in [-0.2, -0.15) is 0 Å². The standard InChI is InChI=1S/C15H16N2OS2/c18-10-5-1-2-6-12(10)20-15-13-9-4-3-7-11(9)19-14(13)16-8-17-15/h8,12H,1-7H2/t12-/m1/s1.